The number of nitrogens with one attached hydrogen (secondary N) is 1. The van der Waals surface area contributed by atoms with Crippen LogP contribution in [0.2, 0.25) is 0 Å². The molecule has 1 rings (SSSR count). The molecule has 3 N–H and O–H groups in total. The number of carbonyl (C=O) groups is 1. The predicted octanol–water partition coefficient (Wildman–Crippen LogP) is 0.983. The molecule has 1 aliphatic rings. The number of thioether (sulfide) groups is 1. The minimum atomic E-state index is -0.317. The van der Waals surface area contributed by atoms with Gasteiger partial charge in [0, 0.05) is 6.54 Å². The summed E-state index contributed by atoms with van der Waals surface area (Å²) < 4.78 is 0. The van der Waals surface area contributed by atoms with Crippen LogP contribution in [0, 0.1) is 5.92 Å². The van der Waals surface area contributed by atoms with Gasteiger partial charge in [0.15, 0.2) is 0 Å². The molecule has 1 atom stereocenters. The van der Waals surface area contributed by atoms with Crippen LogP contribution in [-0.2, 0) is 4.79 Å². The van der Waals surface area contributed by atoms with Crippen molar-refractivity contribution in [1.29, 1.82) is 0 Å². The summed E-state index contributed by atoms with van der Waals surface area (Å²) in [5, 5.41) is 2.92. The molecule has 0 aliphatic heterocycles. The highest BCUT2D eigenvalue weighted by Crippen LogP contribution is 2.25. The zero-order chi connectivity index (χ0) is 10.4. The first kappa shape index (κ1) is 11.9. The molecule has 82 valence electrons. The van der Waals surface area contributed by atoms with Crippen LogP contribution in [0.4, 0.5) is 0 Å². The zero-order valence-corrected chi connectivity index (χ0v) is 9.61. The summed E-state index contributed by atoms with van der Waals surface area (Å²) in [5.74, 6) is 1.69. The maximum absolute atomic E-state index is 11.4. The van der Waals surface area contributed by atoms with E-state index in [9.17, 15) is 4.79 Å². The summed E-state index contributed by atoms with van der Waals surface area (Å²) in [5.41, 5.74) is 5.72. The Labute approximate surface area is 90.2 Å². The van der Waals surface area contributed by atoms with E-state index in [4.69, 9.17) is 5.73 Å². The second kappa shape index (κ2) is 6.30. The molecule has 1 aliphatic carbocycles. The molecule has 14 heavy (non-hydrogen) atoms. The average molecular weight is 216 g/mol. The molecule has 1 amide bonds. The van der Waals surface area contributed by atoms with E-state index in [1.807, 2.05) is 6.26 Å². The number of hydrogen-bond acceptors (Lipinski definition) is 3. The Morgan fingerprint density at radius 2 is 2.36 bits per heavy atom. The van der Waals surface area contributed by atoms with Crippen LogP contribution in [0.25, 0.3) is 0 Å². The van der Waals surface area contributed by atoms with Gasteiger partial charge in [-0.2, -0.15) is 11.8 Å². The fourth-order valence-electron chi connectivity index (χ4n) is 1.45. The average Bonchev–Trinajstić information content (AvgIpc) is 2.11. The Hall–Kier alpha value is -0.220. The van der Waals surface area contributed by atoms with Crippen molar-refractivity contribution in [2.24, 2.45) is 11.7 Å². The molecular weight excluding hydrogens is 196 g/mol. The Bertz CT molecular complexity index is 183. The first-order valence-corrected chi connectivity index (χ1v) is 6.65. The van der Waals surface area contributed by atoms with Crippen LogP contribution in [0.15, 0.2) is 0 Å². The van der Waals surface area contributed by atoms with E-state index >= 15 is 0 Å². The lowest BCUT2D eigenvalue weighted by molar-refractivity contribution is -0.122. The lowest BCUT2D eigenvalue weighted by Gasteiger charge is -2.26. The molecule has 0 aromatic rings. The van der Waals surface area contributed by atoms with Gasteiger partial charge in [0.05, 0.1) is 6.04 Å². The van der Waals surface area contributed by atoms with E-state index in [-0.39, 0.29) is 11.9 Å². The van der Waals surface area contributed by atoms with Gasteiger partial charge in [-0.05, 0) is 37.2 Å². The molecule has 0 aromatic heterocycles. The highest BCUT2D eigenvalue weighted by molar-refractivity contribution is 7.98. The first-order chi connectivity index (χ1) is 6.74. The van der Waals surface area contributed by atoms with Gasteiger partial charge in [-0.3, -0.25) is 4.79 Å². The Kier molecular flexibility index (Phi) is 5.33. The quantitative estimate of drug-likeness (QED) is 0.696. The van der Waals surface area contributed by atoms with E-state index in [0.717, 1.165) is 18.7 Å². The van der Waals surface area contributed by atoms with Crippen LogP contribution in [0.1, 0.15) is 25.7 Å². The number of carbonyl (C=O) groups excluding carboxylic acids is 1. The van der Waals surface area contributed by atoms with Crippen LogP contribution in [-0.4, -0.2) is 30.5 Å². The molecule has 0 heterocycles. The summed E-state index contributed by atoms with van der Waals surface area (Å²) in [7, 11) is 0. The summed E-state index contributed by atoms with van der Waals surface area (Å²) in [6.45, 7) is 0.825. The summed E-state index contributed by atoms with van der Waals surface area (Å²) >= 11 is 1.73. The zero-order valence-electron chi connectivity index (χ0n) is 8.79. The third-order valence-electron chi connectivity index (χ3n) is 2.76. The fourth-order valence-corrected chi connectivity index (χ4v) is 1.94. The molecule has 3 nitrogen and oxygen atoms in total. The molecule has 0 spiro atoms. The third kappa shape index (κ3) is 3.88. The van der Waals surface area contributed by atoms with Gasteiger partial charge in [-0.15, -0.1) is 0 Å². The van der Waals surface area contributed by atoms with Crippen LogP contribution < -0.4 is 11.1 Å². The van der Waals surface area contributed by atoms with Crippen LogP contribution >= 0.6 is 11.8 Å². The van der Waals surface area contributed by atoms with E-state index in [2.05, 4.69) is 5.32 Å². The molecule has 0 saturated heterocycles. The van der Waals surface area contributed by atoms with E-state index in [0.29, 0.717) is 5.92 Å². The second-order valence-corrected chi connectivity index (χ2v) is 4.92. The summed E-state index contributed by atoms with van der Waals surface area (Å²) in [6, 6.07) is -0.317. The van der Waals surface area contributed by atoms with Gasteiger partial charge < -0.3 is 11.1 Å². The summed E-state index contributed by atoms with van der Waals surface area (Å²) in [4.78, 5) is 11.4. The van der Waals surface area contributed by atoms with Crippen molar-refractivity contribution in [3.8, 4) is 0 Å². The fraction of sp³-hybridized carbons (Fsp3) is 0.900. The largest absolute Gasteiger partial charge is 0.354 e. The van der Waals surface area contributed by atoms with Gasteiger partial charge in [0.25, 0.3) is 0 Å². The number of amides is 1. The summed E-state index contributed by atoms with van der Waals surface area (Å²) in [6.07, 6.45) is 6.65. The maximum Gasteiger partial charge on any atom is 0.236 e. The van der Waals surface area contributed by atoms with Crippen LogP contribution in [0.3, 0.4) is 0 Å². The third-order valence-corrected chi connectivity index (χ3v) is 3.40. The maximum atomic E-state index is 11.4. The smallest absolute Gasteiger partial charge is 0.236 e. The van der Waals surface area contributed by atoms with Crippen molar-refractivity contribution in [1.82, 2.24) is 5.32 Å². The van der Waals surface area contributed by atoms with Crippen molar-refractivity contribution >= 4 is 17.7 Å². The topological polar surface area (TPSA) is 55.1 Å². The Morgan fingerprint density at radius 3 is 2.86 bits per heavy atom. The number of nitrogens with two attached hydrogens (primary N) is 1. The molecule has 0 bridgehead atoms. The number of rotatable bonds is 6. The molecular formula is C10H20N2OS. The van der Waals surface area contributed by atoms with Gasteiger partial charge in [-0.25, -0.2) is 0 Å². The lowest BCUT2D eigenvalue weighted by atomic mass is 9.85. The standard InChI is InChI=1S/C10H20N2OS/c1-14-6-5-9(11)10(13)12-7-8-3-2-4-8/h8-9H,2-7,11H2,1H3,(H,12,13)/t9-/m1/s1. The minimum absolute atomic E-state index is 0.0194. The molecule has 0 aromatic carbocycles. The van der Waals surface area contributed by atoms with Crippen molar-refractivity contribution in [2.45, 2.75) is 31.7 Å². The Balaban J connectivity index is 2.06. The van der Waals surface area contributed by atoms with Gasteiger partial charge >= 0.3 is 0 Å². The van der Waals surface area contributed by atoms with Gasteiger partial charge in [-0.1, -0.05) is 6.42 Å². The predicted molar refractivity (Wildman–Crippen MR) is 61.3 cm³/mol. The lowest BCUT2D eigenvalue weighted by Crippen LogP contribution is -2.43. The highest BCUT2D eigenvalue weighted by atomic mass is 32.2. The second-order valence-electron chi connectivity index (χ2n) is 3.93. The van der Waals surface area contributed by atoms with E-state index in [1.165, 1.54) is 19.3 Å². The molecule has 1 fully saturated rings. The van der Waals surface area contributed by atoms with Gasteiger partial charge in [0.2, 0.25) is 5.91 Å². The Morgan fingerprint density at radius 1 is 1.64 bits per heavy atom. The highest BCUT2D eigenvalue weighted by Gasteiger charge is 2.19. The van der Waals surface area contributed by atoms with Crippen molar-refractivity contribution in [3.05, 3.63) is 0 Å². The normalized spacial score (nSPS) is 18.7. The molecule has 0 radical (unpaired) electrons. The molecule has 1 saturated carbocycles. The van der Waals surface area contributed by atoms with Crippen molar-refractivity contribution in [2.75, 3.05) is 18.6 Å². The van der Waals surface area contributed by atoms with Crippen molar-refractivity contribution in [3.63, 3.8) is 0 Å². The van der Waals surface area contributed by atoms with Gasteiger partial charge in [0.1, 0.15) is 0 Å². The SMILES string of the molecule is CSCC[C@@H](N)C(=O)NCC1CCC1. The molecule has 4 heteroatoms. The number of hydrogen-bond donors (Lipinski definition) is 2. The first-order valence-electron chi connectivity index (χ1n) is 5.26. The van der Waals surface area contributed by atoms with Crippen LogP contribution in [0.5, 0.6) is 0 Å². The van der Waals surface area contributed by atoms with E-state index in [1.54, 1.807) is 11.8 Å². The minimum Gasteiger partial charge on any atom is -0.354 e. The monoisotopic (exact) mass is 216 g/mol. The molecule has 0 unspecified atom stereocenters. The van der Waals surface area contributed by atoms with E-state index < -0.39 is 0 Å². The van der Waals surface area contributed by atoms with Crippen molar-refractivity contribution < 1.29 is 4.79 Å².